The van der Waals surface area contributed by atoms with Crippen LogP contribution in [0.25, 0.3) is 0 Å². The van der Waals surface area contributed by atoms with E-state index in [1.54, 1.807) is 0 Å². The molecule has 2 heterocycles. The Balaban J connectivity index is 0.00000225. The maximum absolute atomic E-state index is 12.1. The lowest BCUT2D eigenvalue weighted by Crippen LogP contribution is -2.44. The number of amides is 2. The number of aliphatic imine (C=N–C) groups is 1. The minimum absolute atomic E-state index is 0. The zero-order valence-corrected chi connectivity index (χ0v) is 16.6. The molecule has 0 aromatic heterocycles. The minimum atomic E-state index is -0.0269. The fourth-order valence-corrected chi connectivity index (χ4v) is 2.93. The zero-order chi connectivity index (χ0) is 16.8. The number of nitrogens with two attached hydrogens (primary N) is 1. The minimum Gasteiger partial charge on any atom is -0.378 e. The summed E-state index contributed by atoms with van der Waals surface area (Å²) in [6, 6.07) is 7.73. The molecule has 2 saturated heterocycles. The van der Waals surface area contributed by atoms with E-state index in [2.05, 4.69) is 10.3 Å². The first-order chi connectivity index (χ1) is 11.7. The molecule has 0 spiro atoms. The van der Waals surface area contributed by atoms with Gasteiger partial charge in [-0.3, -0.25) is 0 Å². The Kier molecular flexibility index (Phi) is 7.76. The molecular weight excluding hydrogens is 433 g/mol. The van der Waals surface area contributed by atoms with Crippen LogP contribution in [-0.2, 0) is 11.3 Å². The van der Waals surface area contributed by atoms with Gasteiger partial charge < -0.3 is 25.6 Å². The van der Waals surface area contributed by atoms with Crippen molar-refractivity contribution in [2.24, 2.45) is 10.7 Å². The van der Waals surface area contributed by atoms with Gasteiger partial charge in [0.05, 0.1) is 19.8 Å². The number of nitrogens with one attached hydrogen (secondary N) is 1. The number of carbonyl (C=O) groups is 1. The van der Waals surface area contributed by atoms with Gasteiger partial charge in [-0.15, -0.1) is 24.0 Å². The van der Waals surface area contributed by atoms with Gasteiger partial charge in [0.15, 0.2) is 5.96 Å². The van der Waals surface area contributed by atoms with E-state index >= 15 is 0 Å². The second-order valence-electron chi connectivity index (χ2n) is 6.10. The number of hydrogen-bond donors (Lipinski definition) is 2. The highest BCUT2D eigenvalue weighted by molar-refractivity contribution is 14.0. The molecule has 0 saturated carbocycles. The number of nitrogens with zero attached hydrogens (tertiary/aromatic N) is 3. The number of rotatable bonds is 3. The third kappa shape index (κ3) is 5.74. The van der Waals surface area contributed by atoms with E-state index in [1.807, 2.05) is 34.1 Å². The number of likely N-dealkylation sites (tertiary alicyclic amines) is 1. The van der Waals surface area contributed by atoms with Crippen LogP contribution in [0.4, 0.5) is 10.5 Å². The van der Waals surface area contributed by atoms with Crippen LogP contribution in [0.1, 0.15) is 18.4 Å². The molecule has 3 rings (SSSR count). The molecule has 0 atom stereocenters. The molecule has 8 heteroatoms. The van der Waals surface area contributed by atoms with Gasteiger partial charge in [0.2, 0.25) is 0 Å². The highest BCUT2D eigenvalue weighted by Gasteiger charge is 2.17. The molecule has 25 heavy (non-hydrogen) atoms. The summed E-state index contributed by atoms with van der Waals surface area (Å²) in [6.07, 6.45) is 2.17. The first-order valence-electron chi connectivity index (χ1n) is 8.50. The van der Waals surface area contributed by atoms with E-state index in [1.165, 1.54) is 0 Å². The van der Waals surface area contributed by atoms with Crippen LogP contribution < -0.4 is 11.1 Å². The van der Waals surface area contributed by atoms with Gasteiger partial charge in [0.1, 0.15) is 0 Å². The number of carbonyl (C=O) groups excluding carboxylic acids is 1. The van der Waals surface area contributed by atoms with Crippen molar-refractivity contribution in [2.75, 3.05) is 44.7 Å². The lowest BCUT2D eigenvalue weighted by atomic mass is 10.2. The maximum Gasteiger partial charge on any atom is 0.321 e. The predicted molar refractivity (Wildman–Crippen MR) is 109 cm³/mol. The van der Waals surface area contributed by atoms with Crippen molar-refractivity contribution in [1.29, 1.82) is 0 Å². The average Bonchev–Trinajstić information content (AvgIpc) is 3.15. The third-order valence-electron chi connectivity index (χ3n) is 4.33. The van der Waals surface area contributed by atoms with Crippen LogP contribution in [0.3, 0.4) is 0 Å². The van der Waals surface area contributed by atoms with Gasteiger partial charge in [0, 0.05) is 31.9 Å². The molecule has 0 radical (unpaired) electrons. The van der Waals surface area contributed by atoms with Gasteiger partial charge in [-0.1, -0.05) is 12.1 Å². The van der Waals surface area contributed by atoms with Gasteiger partial charge >= 0.3 is 6.03 Å². The number of benzene rings is 1. The maximum atomic E-state index is 12.1. The molecule has 0 unspecified atom stereocenters. The Morgan fingerprint density at radius 3 is 2.60 bits per heavy atom. The van der Waals surface area contributed by atoms with E-state index in [4.69, 9.17) is 10.5 Å². The van der Waals surface area contributed by atoms with Crippen molar-refractivity contribution in [3.05, 3.63) is 29.8 Å². The van der Waals surface area contributed by atoms with Gasteiger partial charge in [-0.25, -0.2) is 9.79 Å². The number of halogens is 1. The van der Waals surface area contributed by atoms with E-state index < -0.39 is 0 Å². The molecular formula is C17H26IN5O2. The highest BCUT2D eigenvalue weighted by Crippen LogP contribution is 2.14. The Morgan fingerprint density at radius 1 is 1.16 bits per heavy atom. The van der Waals surface area contributed by atoms with Crippen molar-refractivity contribution in [3.8, 4) is 0 Å². The van der Waals surface area contributed by atoms with Crippen molar-refractivity contribution in [2.45, 2.75) is 19.4 Å². The lowest BCUT2D eigenvalue weighted by Gasteiger charge is -2.27. The van der Waals surface area contributed by atoms with Gasteiger partial charge in [0.25, 0.3) is 0 Å². The van der Waals surface area contributed by atoms with Crippen molar-refractivity contribution < 1.29 is 9.53 Å². The number of urea groups is 1. The second-order valence-corrected chi connectivity index (χ2v) is 6.10. The fraction of sp³-hybridized carbons (Fsp3) is 0.529. The lowest BCUT2D eigenvalue weighted by molar-refractivity contribution is 0.0674. The van der Waals surface area contributed by atoms with Gasteiger partial charge in [-0.05, 0) is 30.5 Å². The van der Waals surface area contributed by atoms with Crippen LogP contribution in [-0.4, -0.2) is 61.2 Å². The molecule has 3 N–H and O–H groups in total. The first kappa shape index (κ1) is 19.8. The highest BCUT2D eigenvalue weighted by atomic mass is 127. The van der Waals surface area contributed by atoms with Crippen molar-refractivity contribution >= 4 is 41.7 Å². The zero-order valence-electron chi connectivity index (χ0n) is 14.3. The van der Waals surface area contributed by atoms with Gasteiger partial charge in [-0.2, -0.15) is 0 Å². The van der Waals surface area contributed by atoms with Crippen LogP contribution in [0.2, 0.25) is 0 Å². The summed E-state index contributed by atoms with van der Waals surface area (Å²) in [6.45, 7) is 5.11. The van der Waals surface area contributed by atoms with E-state index in [9.17, 15) is 4.79 Å². The van der Waals surface area contributed by atoms with E-state index in [0.717, 1.165) is 50.3 Å². The van der Waals surface area contributed by atoms with Crippen molar-refractivity contribution in [3.63, 3.8) is 0 Å². The summed E-state index contributed by atoms with van der Waals surface area (Å²) in [5, 5.41) is 2.96. The Hall–Kier alpha value is -1.55. The molecule has 2 aliphatic rings. The number of hydrogen-bond acceptors (Lipinski definition) is 3. The van der Waals surface area contributed by atoms with Crippen molar-refractivity contribution in [1.82, 2.24) is 9.80 Å². The summed E-state index contributed by atoms with van der Waals surface area (Å²) in [7, 11) is 0. The number of guanidine groups is 1. The summed E-state index contributed by atoms with van der Waals surface area (Å²) >= 11 is 0. The molecule has 0 bridgehead atoms. The molecule has 7 nitrogen and oxygen atoms in total. The summed E-state index contributed by atoms with van der Waals surface area (Å²) < 4.78 is 5.31. The van der Waals surface area contributed by atoms with Crippen LogP contribution in [0.15, 0.2) is 29.3 Å². The monoisotopic (exact) mass is 459 g/mol. The molecule has 1 aromatic carbocycles. The van der Waals surface area contributed by atoms with E-state index in [0.29, 0.717) is 25.7 Å². The smallest absolute Gasteiger partial charge is 0.321 e. The standard InChI is InChI=1S/C17H25N5O2.HI/c18-16(21-8-10-24-11-9-21)19-13-14-4-3-5-15(12-14)20-17(23)22-6-1-2-7-22;/h3-5,12H,1-2,6-11,13H2,(H2,18,19)(H,20,23);1H. The number of anilines is 1. The summed E-state index contributed by atoms with van der Waals surface area (Å²) in [5.74, 6) is 0.546. The molecule has 2 fully saturated rings. The Bertz CT molecular complexity index is 598. The summed E-state index contributed by atoms with van der Waals surface area (Å²) in [5.41, 5.74) is 7.86. The Labute approximate surface area is 165 Å². The Morgan fingerprint density at radius 2 is 1.88 bits per heavy atom. The number of morpholine rings is 1. The average molecular weight is 459 g/mol. The fourth-order valence-electron chi connectivity index (χ4n) is 2.93. The molecule has 2 amide bonds. The SMILES string of the molecule is I.NC(=NCc1cccc(NC(=O)N2CCCC2)c1)N1CCOCC1. The number of ether oxygens (including phenoxy) is 1. The second kappa shape index (κ2) is 9.81. The topological polar surface area (TPSA) is 83.2 Å². The van der Waals surface area contributed by atoms with Crippen LogP contribution in [0.5, 0.6) is 0 Å². The molecule has 138 valence electrons. The predicted octanol–water partition coefficient (Wildman–Crippen LogP) is 2.08. The van der Waals surface area contributed by atoms with Crippen LogP contribution in [0, 0.1) is 0 Å². The normalized spacial score (nSPS) is 18.0. The van der Waals surface area contributed by atoms with Crippen LogP contribution >= 0.6 is 24.0 Å². The summed E-state index contributed by atoms with van der Waals surface area (Å²) in [4.78, 5) is 20.5. The largest absolute Gasteiger partial charge is 0.378 e. The van der Waals surface area contributed by atoms with E-state index in [-0.39, 0.29) is 30.0 Å². The first-order valence-corrected chi connectivity index (χ1v) is 8.50. The molecule has 1 aromatic rings. The quantitative estimate of drug-likeness (QED) is 0.412. The third-order valence-corrected chi connectivity index (χ3v) is 4.33. The molecule has 0 aliphatic carbocycles. The molecule has 2 aliphatic heterocycles.